The van der Waals surface area contributed by atoms with Crippen LogP contribution in [-0.4, -0.2) is 33.0 Å². The Labute approximate surface area is 168 Å². The molecule has 1 atom stereocenters. The second-order valence-electron chi connectivity index (χ2n) is 6.49. The lowest BCUT2D eigenvalue weighted by molar-refractivity contribution is 0.0952. The van der Waals surface area contributed by atoms with Gasteiger partial charge < -0.3 is 20.2 Å². The zero-order valence-corrected chi connectivity index (χ0v) is 16.6. The number of hydrogen-bond donors (Lipinski definition) is 3. The number of hydrogen-bond acceptors (Lipinski definition) is 5. The van der Waals surface area contributed by atoms with Crippen LogP contribution in [0.25, 0.3) is 11.0 Å². The Morgan fingerprint density at radius 3 is 2.82 bits per heavy atom. The molecule has 0 radical (unpaired) electrons. The number of aromatic amines is 1. The summed E-state index contributed by atoms with van der Waals surface area (Å²) in [6, 6.07) is 11.5. The van der Waals surface area contributed by atoms with Gasteiger partial charge in [-0.05, 0) is 25.5 Å². The standard InChI is InChI=1S/C20H22N6OS/c1-3-13(2)25-18-15(11-21)16-17(20(28)24-12-23-16)26(18)10-9-22-19(27)14-7-5-4-6-8-14/h4-8,12-13,25H,3,9-10H2,1-2H3,(H,22,27)(H,23,24,28). The normalized spacial score (nSPS) is 11.8. The highest BCUT2D eigenvalue weighted by Crippen LogP contribution is 2.29. The number of anilines is 1. The lowest BCUT2D eigenvalue weighted by Gasteiger charge is -2.17. The van der Waals surface area contributed by atoms with Crippen molar-refractivity contribution in [2.24, 2.45) is 0 Å². The summed E-state index contributed by atoms with van der Waals surface area (Å²) >= 11 is 5.41. The molecule has 0 spiro atoms. The molecule has 144 valence electrons. The summed E-state index contributed by atoms with van der Waals surface area (Å²) in [5.41, 5.74) is 2.45. The number of aromatic nitrogens is 3. The minimum absolute atomic E-state index is 0.141. The lowest BCUT2D eigenvalue weighted by atomic mass is 10.2. The first-order valence-electron chi connectivity index (χ1n) is 9.16. The molecule has 0 aliphatic carbocycles. The maximum absolute atomic E-state index is 12.3. The molecule has 1 amide bonds. The van der Waals surface area contributed by atoms with Crippen molar-refractivity contribution in [2.75, 3.05) is 11.9 Å². The van der Waals surface area contributed by atoms with Crippen LogP contribution in [-0.2, 0) is 6.54 Å². The molecule has 3 aromatic rings. The van der Waals surface area contributed by atoms with Gasteiger partial charge in [0.15, 0.2) is 4.64 Å². The van der Waals surface area contributed by atoms with Gasteiger partial charge in [0.2, 0.25) is 0 Å². The van der Waals surface area contributed by atoms with Gasteiger partial charge in [-0.2, -0.15) is 5.26 Å². The van der Waals surface area contributed by atoms with Gasteiger partial charge in [-0.3, -0.25) is 4.79 Å². The average molecular weight is 395 g/mol. The minimum Gasteiger partial charge on any atom is -0.368 e. The smallest absolute Gasteiger partial charge is 0.251 e. The fourth-order valence-electron chi connectivity index (χ4n) is 2.99. The van der Waals surface area contributed by atoms with Crippen molar-refractivity contribution in [2.45, 2.75) is 32.9 Å². The summed E-state index contributed by atoms with van der Waals surface area (Å²) < 4.78 is 2.34. The molecule has 3 rings (SSSR count). The number of carbonyl (C=O) groups is 1. The van der Waals surface area contributed by atoms with Crippen LogP contribution in [0, 0.1) is 16.0 Å². The topological polar surface area (TPSA) is 98.5 Å². The highest BCUT2D eigenvalue weighted by Gasteiger charge is 2.20. The van der Waals surface area contributed by atoms with Gasteiger partial charge >= 0.3 is 0 Å². The SMILES string of the molecule is CCC(C)Nc1c(C#N)c2[nH]cnc(=S)c2n1CCNC(=O)c1ccccc1. The predicted molar refractivity (Wildman–Crippen MR) is 112 cm³/mol. The molecule has 2 aromatic heterocycles. The van der Waals surface area contributed by atoms with E-state index in [9.17, 15) is 10.1 Å². The average Bonchev–Trinajstić information content (AvgIpc) is 3.02. The zero-order valence-electron chi connectivity index (χ0n) is 15.8. The Morgan fingerprint density at radius 1 is 1.39 bits per heavy atom. The van der Waals surface area contributed by atoms with Crippen LogP contribution >= 0.6 is 12.2 Å². The van der Waals surface area contributed by atoms with Crippen molar-refractivity contribution in [3.8, 4) is 6.07 Å². The third kappa shape index (κ3) is 3.89. The fourth-order valence-corrected chi connectivity index (χ4v) is 3.25. The van der Waals surface area contributed by atoms with Crippen LogP contribution < -0.4 is 10.6 Å². The third-order valence-electron chi connectivity index (χ3n) is 4.62. The van der Waals surface area contributed by atoms with Crippen LogP contribution in [0.2, 0.25) is 0 Å². The van der Waals surface area contributed by atoms with Crippen LogP contribution in [0.3, 0.4) is 0 Å². The first-order chi connectivity index (χ1) is 13.6. The molecule has 0 aliphatic rings. The van der Waals surface area contributed by atoms with Gasteiger partial charge in [0.1, 0.15) is 23.0 Å². The van der Waals surface area contributed by atoms with Crippen LogP contribution in [0.5, 0.6) is 0 Å². The van der Waals surface area contributed by atoms with E-state index in [1.54, 1.807) is 12.1 Å². The zero-order chi connectivity index (χ0) is 20.1. The number of rotatable bonds is 7. The second-order valence-corrected chi connectivity index (χ2v) is 6.88. The summed E-state index contributed by atoms with van der Waals surface area (Å²) in [7, 11) is 0. The van der Waals surface area contributed by atoms with E-state index in [4.69, 9.17) is 12.2 Å². The summed E-state index contributed by atoms with van der Waals surface area (Å²) in [6.07, 6.45) is 2.40. The van der Waals surface area contributed by atoms with Crippen LogP contribution in [0.15, 0.2) is 36.7 Å². The Hall–Kier alpha value is -3.18. The molecule has 2 heterocycles. The van der Waals surface area contributed by atoms with Gasteiger partial charge in [0.05, 0.1) is 11.8 Å². The van der Waals surface area contributed by atoms with Gasteiger partial charge in [-0.25, -0.2) is 4.98 Å². The van der Waals surface area contributed by atoms with Gasteiger partial charge in [-0.1, -0.05) is 37.3 Å². The molecule has 1 unspecified atom stereocenters. The fraction of sp³-hybridized carbons (Fsp3) is 0.300. The minimum atomic E-state index is -0.141. The molecule has 8 heteroatoms. The third-order valence-corrected chi connectivity index (χ3v) is 4.92. The number of benzene rings is 1. The van der Waals surface area contributed by atoms with E-state index in [0.717, 1.165) is 6.42 Å². The molecule has 0 bridgehead atoms. The van der Waals surface area contributed by atoms with E-state index in [2.05, 4.69) is 40.5 Å². The monoisotopic (exact) mass is 394 g/mol. The first kappa shape index (κ1) is 19.6. The van der Waals surface area contributed by atoms with Crippen LogP contribution in [0.1, 0.15) is 36.2 Å². The molecule has 28 heavy (non-hydrogen) atoms. The number of fused-ring (bicyclic) bond motifs is 1. The lowest BCUT2D eigenvalue weighted by Crippen LogP contribution is -2.28. The van der Waals surface area contributed by atoms with Crippen molar-refractivity contribution in [3.05, 3.63) is 52.4 Å². The van der Waals surface area contributed by atoms with Gasteiger partial charge in [0.25, 0.3) is 5.91 Å². The van der Waals surface area contributed by atoms with E-state index in [1.807, 2.05) is 22.8 Å². The second kappa shape index (κ2) is 8.67. The predicted octanol–water partition coefficient (Wildman–Crippen LogP) is 3.61. The van der Waals surface area contributed by atoms with Gasteiger partial charge in [-0.15, -0.1) is 0 Å². The van der Waals surface area contributed by atoms with Crippen molar-refractivity contribution in [3.63, 3.8) is 0 Å². The Morgan fingerprint density at radius 2 is 2.14 bits per heavy atom. The molecule has 0 saturated carbocycles. The summed E-state index contributed by atoms with van der Waals surface area (Å²) in [5.74, 6) is 0.549. The molecular weight excluding hydrogens is 372 g/mol. The molecule has 0 saturated heterocycles. The Kier molecular flexibility index (Phi) is 6.06. The number of nitriles is 1. The molecule has 7 nitrogen and oxygen atoms in total. The summed E-state index contributed by atoms with van der Waals surface area (Å²) in [6.45, 7) is 4.97. The van der Waals surface area contributed by atoms with E-state index in [-0.39, 0.29) is 11.9 Å². The van der Waals surface area contributed by atoms with E-state index < -0.39 is 0 Å². The highest BCUT2D eigenvalue weighted by molar-refractivity contribution is 7.71. The summed E-state index contributed by atoms with van der Waals surface area (Å²) in [5, 5.41) is 16.0. The van der Waals surface area contributed by atoms with E-state index >= 15 is 0 Å². The number of carbonyl (C=O) groups excluding carboxylic acids is 1. The number of H-pyrrole nitrogens is 1. The highest BCUT2D eigenvalue weighted by atomic mass is 32.1. The largest absolute Gasteiger partial charge is 0.368 e. The van der Waals surface area contributed by atoms with Crippen molar-refractivity contribution in [1.82, 2.24) is 19.9 Å². The maximum Gasteiger partial charge on any atom is 0.251 e. The Bertz CT molecular complexity index is 1080. The molecular formula is C20H22N6OS. The van der Waals surface area contributed by atoms with Crippen molar-refractivity contribution < 1.29 is 4.79 Å². The molecule has 1 aromatic carbocycles. The molecule has 3 N–H and O–H groups in total. The Balaban J connectivity index is 1.92. The number of nitrogens with zero attached hydrogens (tertiary/aromatic N) is 3. The van der Waals surface area contributed by atoms with E-state index in [0.29, 0.717) is 45.7 Å². The summed E-state index contributed by atoms with van der Waals surface area (Å²) in [4.78, 5) is 19.5. The first-order valence-corrected chi connectivity index (χ1v) is 9.57. The van der Waals surface area contributed by atoms with Crippen molar-refractivity contribution >= 4 is 35.0 Å². The van der Waals surface area contributed by atoms with Gasteiger partial charge in [0, 0.05) is 24.7 Å². The quantitative estimate of drug-likeness (QED) is 0.532. The number of nitrogens with one attached hydrogen (secondary N) is 3. The maximum atomic E-state index is 12.3. The van der Waals surface area contributed by atoms with Crippen LogP contribution in [0.4, 0.5) is 5.82 Å². The number of amides is 1. The molecule has 0 aliphatic heterocycles. The van der Waals surface area contributed by atoms with E-state index in [1.165, 1.54) is 6.33 Å². The molecule has 0 fully saturated rings. The van der Waals surface area contributed by atoms with Crippen molar-refractivity contribution in [1.29, 1.82) is 5.26 Å².